The number of aromatic amines is 1. The van der Waals surface area contributed by atoms with Gasteiger partial charge in [0.1, 0.15) is 6.33 Å². The van der Waals surface area contributed by atoms with Gasteiger partial charge in [0.15, 0.2) is 17.0 Å². The summed E-state index contributed by atoms with van der Waals surface area (Å²) in [6.07, 6.45) is 4.08. The average molecular weight is 477 g/mol. The summed E-state index contributed by atoms with van der Waals surface area (Å²) in [5.41, 5.74) is 3.05. The summed E-state index contributed by atoms with van der Waals surface area (Å²) in [7, 11) is 0. The summed E-state index contributed by atoms with van der Waals surface area (Å²) in [6.45, 7) is 8.92. The Hall–Kier alpha value is -3.69. The molecule has 0 aliphatic carbocycles. The third-order valence-corrected chi connectivity index (χ3v) is 6.79. The van der Waals surface area contributed by atoms with Crippen molar-refractivity contribution in [3.63, 3.8) is 0 Å². The van der Waals surface area contributed by atoms with Crippen LogP contribution in [-0.2, 0) is 6.54 Å². The first-order chi connectivity index (χ1) is 17.0. The molecule has 1 aliphatic rings. The van der Waals surface area contributed by atoms with E-state index in [9.17, 15) is 9.59 Å². The lowest BCUT2D eigenvalue weighted by atomic mass is 10.0. The van der Waals surface area contributed by atoms with Crippen LogP contribution in [0.25, 0.3) is 22.2 Å². The molecule has 4 aromatic rings. The molecule has 0 unspecified atom stereocenters. The number of nitrogens with one attached hydrogen (secondary N) is 2. The van der Waals surface area contributed by atoms with Crippen molar-refractivity contribution in [2.75, 3.05) is 24.5 Å². The third-order valence-electron chi connectivity index (χ3n) is 6.79. The Balaban J connectivity index is 1.39. The highest BCUT2D eigenvalue weighted by Crippen LogP contribution is 2.30. The molecule has 0 spiro atoms. The highest BCUT2D eigenvalue weighted by molar-refractivity contribution is 5.96. The second-order valence-electron chi connectivity index (χ2n) is 9.52. The lowest BCUT2D eigenvalue weighted by Gasteiger charge is -2.33. The molecule has 1 amide bonds. The van der Waals surface area contributed by atoms with Gasteiger partial charge in [-0.05, 0) is 44.2 Å². The van der Waals surface area contributed by atoms with Crippen LogP contribution in [0.15, 0.2) is 35.4 Å². The van der Waals surface area contributed by atoms with Crippen LogP contribution in [0.1, 0.15) is 56.7 Å². The van der Waals surface area contributed by atoms with Crippen LogP contribution in [-0.4, -0.2) is 54.6 Å². The number of imidazole rings is 2. The van der Waals surface area contributed by atoms with E-state index in [-0.39, 0.29) is 17.6 Å². The minimum absolute atomic E-state index is 0.0658. The van der Waals surface area contributed by atoms with Gasteiger partial charge in [0.05, 0.1) is 11.0 Å². The number of anilines is 1. The van der Waals surface area contributed by atoms with E-state index in [1.807, 2.05) is 40.3 Å². The maximum absolute atomic E-state index is 12.9. The standard InChI is InChI=1S/C25H32N8O2/c1-4-32-22-20(30-23(32)24(34)26-12-9-16(2)3)21(27-15-28-22)31-13-10-17(11-14-31)33-19-8-6-5-7-18(19)29-25(33)35/h5-8,15-17H,4,9-14H2,1-3H3,(H,26,34)(H,29,35). The average Bonchev–Trinajstić information content (AvgIpc) is 3.40. The zero-order chi connectivity index (χ0) is 24.5. The number of aryl methyl sites for hydroxylation is 1. The first-order valence-electron chi connectivity index (χ1n) is 12.4. The second-order valence-corrected chi connectivity index (χ2v) is 9.52. The molecule has 4 heterocycles. The van der Waals surface area contributed by atoms with E-state index in [1.54, 1.807) is 6.33 Å². The van der Waals surface area contributed by atoms with Crippen LogP contribution in [0.5, 0.6) is 0 Å². The maximum atomic E-state index is 12.9. The summed E-state index contributed by atoms with van der Waals surface area (Å²) in [6, 6.07) is 7.92. The molecule has 0 radical (unpaired) electrons. The normalized spacial score (nSPS) is 14.9. The molecule has 1 aromatic carbocycles. The van der Waals surface area contributed by atoms with Gasteiger partial charge in [-0.15, -0.1) is 0 Å². The highest BCUT2D eigenvalue weighted by atomic mass is 16.2. The first kappa shape index (κ1) is 23.1. The second kappa shape index (κ2) is 9.52. The van der Waals surface area contributed by atoms with Gasteiger partial charge in [-0.25, -0.2) is 19.7 Å². The molecule has 5 rings (SSSR count). The van der Waals surface area contributed by atoms with Crippen LogP contribution in [0.4, 0.5) is 5.82 Å². The molecular weight excluding hydrogens is 444 g/mol. The zero-order valence-electron chi connectivity index (χ0n) is 20.5. The Labute approximate surface area is 203 Å². The van der Waals surface area contributed by atoms with Crippen molar-refractivity contribution in [1.82, 2.24) is 34.4 Å². The van der Waals surface area contributed by atoms with E-state index in [4.69, 9.17) is 4.98 Å². The van der Waals surface area contributed by atoms with Crippen molar-refractivity contribution in [2.24, 2.45) is 5.92 Å². The summed E-state index contributed by atoms with van der Waals surface area (Å²) >= 11 is 0. The summed E-state index contributed by atoms with van der Waals surface area (Å²) in [5, 5.41) is 2.99. The molecule has 2 N–H and O–H groups in total. The van der Waals surface area contributed by atoms with Gasteiger partial charge in [-0.2, -0.15) is 0 Å². The molecule has 0 atom stereocenters. The van der Waals surface area contributed by atoms with E-state index in [2.05, 4.69) is 39.0 Å². The van der Waals surface area contributed by atoms with Crippen molar-refractivity contribution < 1.29 is 4.79 Å². The maximum Gasteiger partial charge on any atom is 0.326 e. The molecule has 0 saturated carbocycles. The first-order valence-corrected chi connectivity index (χ1v) is 12.4. The molecule has 3 aromatic heterocycles. The number of rotatable bonds is 7. The van der Waals surface area contributed by atoms with E-state index in [1.165, 1.54) is 0 Å². The Morgan fingerprint density at radius 3 is 2.71 bits per heavy atom. The fraction of sp³-hybridized carbons (Fsp3) is 0.480. The van der Waals surface area contributed by atoms with Crippen molar-refractivity contribution >= 4 is 33.9 Å². The molecule has 1 fully saturated rings. The molecule has 35 heavy (non-hydrogen) atoms. The number of hydrogen-bond donors (Lipinski definition) is 2. The smallest absolute Gasteiger partial charge is 0.326 e. The number of fused-ring (bicyclic) bond motifs is 2. The number of amides is 1. The van der Waals surface area contributed by atoms with E-state index < -0.39 is 0 Å². The van der Waals surface area contributed by atoms with Crippen LogP contribution < -0.4 is 15.9 Å². The fourth-order valence-electron chi connectivity index (χ4n) is 4.95. The van der Waals surface area contributed by atoms with Crippen LogP contribution in [0.3, 0.4) is 0 Å². The lowest BCUT2D eigenvalue weighted by molar-refractivity contribution is 0.0938. The number of hydrogen-bond acceptors (Lipinski definition) is 6. The van der Waals surface area contributed by atoms with Gasteiger partial charge < -0.3 is 19.8 Å². The van der Waals surface area contributed by atoms with E-state index in [0.29, 0.717) is 36.0 Å². The van der Waals surface area contributed by atoms with Crippen molar-refractivity contribution in [3.05, 3.63) is 46.9 Å². The van der Waals surface area contributed by atoms with Gasteiger partial charge in [0.2, 0.25) is 5.82 Å². The van der Waals surface area contributed by atoms with Crippen LogP contribution in [0.2, 0.25) is 0 Å². The zero-order valence-corrected chi connectivity index (χ0v) is 20.5. The Kier molecular flexibility index (Phi) is 6.27. The predicted octanol–water partition coefficient (Wildman–Crippen LogP) is 3.11. The molecule has 10 heteroatoms. The van der Waals surface area contributed by atoms with Gasteiger partial charge in [-0.3, -0.25) is 9.36 Å². The quantitative estimate of drug-likeness (QED) is 0.424. The largest absolute Gasteiger partial charge is 0.355 e. The Bertz CT molecular complexity index is 1410. The molecule has 10 nitrogen and oxygen atoms in total. The predicted molar refractivity (Wildman–Crippen MR) is 136 cm³/mol. The number of benzene rings is 1. The number of piperidine rings is 1. The molecule has 1 saturated heterocycles. The molecular formula is C25H32N8O2. The minimum atomic E-state index is -0.186. The molecule has 184 valence electrons. The number of nitrogens with zero attached hydrogens (tertiary/aromatic N) is 6. The Morgan fingerprint density at radius 2 is 1.97 bits per heavy atom. The summed E-state index contributed by atoms with van der Waals surface area (Å²) in [4.78, 5) is 44.4. The third kappa shape index (κ3) is 4.28. The van der Waals surface area contributed by atoms with Crippen molar-refractivity contribution in [2.45, 2.75) is 52.6 Å². The highest BCUT2D eigenvalue weighted by Gasteiger charge is 2.27. The SMILES string of the molecule is CCn1c(C(=O)NCCC(C)C)nc2c(N3CCC(n4c(=O)[nH]c5ccccc54)CC3)ncnc21. The van der Waals surface area contributed by atoms with Gasteiger partial charge in [0, 0.05) is 32.2 Å². The molecule has 1 aliphatic heterocycles. The summed E-state index contributed by atoms with van der Waals surface area (Å²) in [5.74, 6) is 1.44. The number of carbonyl (C=O) groups is 1. The van der Waals surface area contributed by atoms with E-state index >= 15 is 0 Å². The minimum Gasteiger partial charge on any atom is -0.355 e. The Morgan fingerprint density at radius 1 is 1.20 bits per heavy atom. The molecule has 0 bridgehead atoms. The van der Waals surface area contributed by atoms with E-state index in [0.717, 1.165) is 49.2 Å². The monoisotopic (exact) mass is 476 g/mol. The van der Waals surface area contributed by atoms with Crippen LogP contribution in [0, 0.1) is 5.92 Å². The van der Waals surface area contributed by atoms with Gasteiger partial charge >= 0.3 is 5.69 Å². The van der Waals surface area contributed by atoms with Gasteiger partial charge in [-0.1, -0.05) is 26.0 Å². The van der Waals surface area contributed by atoms with Gasteiger partial charge in [0.25, 0.3) is 5.91 Å². The lowest BCUT2D eigenvalue weighted by Crippen LogP contribution is -2.37. The summed E-state index contributed by atoms with van der Waals surface area (Å²) < 4.78 is 3.73. The number of aromatic nitrogens is 6. The number of para-hydroxylation sites is 2. The number of H-pyrrole nitrogens is 1. The van der Waals surface area contributed by atoms with Crippen LogP contribution >= 0.6 is 0 Å². The fourth-order valence-corrected chi connectivity index (χ4v) is 4.95. The number of carbonyl (C=O) groups excluding carboxylic acids is 1. The van der Waals surface area contributed by atoms with Crippen molar-refractivity contribution in [3.8, 4) is 0 Å². The van der Waals surface area contributed by atoms with Crippen molar-refractivity contribution in [1.29, 1.82) is 0 Å². The topological polar surface area (TPSA) is 114 Å².